The standard InChI is InChI=1S/C68H92N2O16/c1-11-67(4,5)61(71)63(73)69-33-15-13-23-54(69)65(75)85-56(30-27-48-26-25-47(3)59(43-48)78-9)50-19-17-21-52(45-50)83-41-39-81-37-35-80-36-38-82-40-42-84-53-22-18-20-51(46-53)57(31-28-49-29-32-58(77-8)60(44-49)79-10)86-66(76)55-24-14-16-34-70(55)64(74)62(72)68(6,7)12-2/h17-22,25-26,29,32,43-46,54-57H,11-16,23-24,27-28,30-31,33-42H2,1-10H3/t54?,55-,56+,57?/m0/s1. The summed E-state index contributed by atoms with van der Waals surface area (Å²) in [6.45, 7) is 15.8. The lowest BCUT2D eigenvalue weighted by Crippen LogP contribution is -2.53. The van der Waals surface area contributed by atoms with E-state index in [0.717, 1.165) is 40.8 Å². The van der Waals surface area contributed by atoms with Crippen molar-refractivity contribution in [3.8, 4) is 28.7 Å². The van der Waals surface area contributed by atoms with Gasteiger partial charge in [0.1, 0.15) is 54.8 Å². The topological polar surface area (TPSA) is 201 Å². The van der Waals surface area contributed by atoms with Gasteiger partial charge in [-0.3, -0.25) is 19.2 Å². The number of amides is 2. The number of carbonyl (C=O) groups is 6. The largest absolute Gasteiger partial charge is 0.496 e. The van der Waals surface area contributed by atoms with Gasteiger partial charge in [0.2, 0.25) is 11.6 Å². The van der Waals surface area contributed by atoms with E-state index in [1.807, 2.05) is 106 Å². The van der Waals surface area contributed by atoms with Crippen molar-refractivity contribution in [1.29, 1.82) is 0 Å². The normalized spacial score (nSPS) is 16.1. The van der Waals surface area contributed by atoms with Crippen LogP contribution in [0.4, 0.5) is 0 Å². The number of aryl methyl sites for hydroxylation is 3. The zero-order valence-corrected chi connectivity index (χ0v) is 52.4. The second-order valence-corrected chi connectivity index (χ2v) is 23.3. The van der Waals surface area contributed by atoms with Gasteiger partial charge in [0.15, 0.2) is 11.5 Å². The van der Waals surface area contributed by atoms with Gasteiger partial charge in [0.05, 0.1) is 61.0 Å². The third-order valence-corrected chi connectivity index (χ3v) is 16.5. The van der Waals surface area contributed by atoms with Crippen LogP contribution in [0.25, 0.3) is 0 Å². The lowest BCUT2D eigenvalue weighted by molar-refractivity contribution is -0.165. The number of esters is 2. The minimum atomic E-state index is -0.879. The molecule has 2 saturated heterocycles. The Kier molecular flexibility index (Phi) is 26.7. The molecule has 0 saturated carbocycles. The summed E-state index contributed by atoms with van der Waals surface area (Å²) in [7, 11) is 4.79. The summed E-state index contributed by atoms with van der Waals surface area (Å²) in [6, 6.07) is 24.8. The number of rotatable bonds is 35. The van der Waals surface area contributed by atoms with Crippen LogP contribution in [0.1, 0.15) is 146 Å². The highest BCUT2D eigenvalue weighted by molar-refractivity contribution is 6.38. The molecule has 6 rings (SSSR count). The molecule has 2 aliphatic rings. The molecule has 0 N–H and O–H groups in total. The van der Waals surface area contributed by atoms with Crippen LogP contribution in [0.15, 0.2) is 84.9 Å². The van der Waals surface area contributed by atoms with Crippen molar-refractivity contribution >= 4 is 35.3 Å². The molecule has 4 atom stereocenters. The van der Waals surface area contributed by atoms with E-state index >= 15 is 0 Å². The molecule has 4 aromatic rings. The zero-order chi connectivity index (χ0) is 62.2. The first kappa shape index (κ1) is 68.1. The average molecular weight is 1190 g/mol. The van der Waals surface area contributed by atoms with Crippen LogP contribution in [-0.2, 0) is 65.3 Å². The molecule has 2 amide bonds. The van der Waals surface area contributed by atoms with Crippen LogP contribution in [0.2, 0.25) is 0 Å². The molecule has 2 aliphatic heterocycles. The third-order valence-electron chi connectivity index (χ3n) is 16.5. The van der Waals surface area contributed by atoms with E-state index in [2.05, 4.69) is 0 Å². The Morgan fingerprint density at radius 2 is 0.907 bits per heavy atom. The number of hydrogen-bond donors (Lipinski definition) is 0. The summed E-state index contributed by atoms with van der Waals surface area (Å²) in [5, 5.41) is 0. The number of ketones is 2. The van der Waals surface area contributed by atoms with Gasteiger partial charge < -0.3 is 57.2 Å². The second-order valence-electron chi connectivity index (χ2n) is 23.3. The van der Waals surface area contributed by atoms with Gasteiger partial charge in [0, 0.05) is 23.9 Å². The first-order chi connectivity index (χ1) is 41.3. The Morgan fingerprint density at radius 1 is 0.500 bits per heavy atom. The van der Waals surface area contributed by atoms with Gasteiger partial charge >= 0.3 is 11.9 Å². The number of hydrogen-bond acceptors (Lipinski definition) is 16. The average Bonchev–Trinajstić information content (AvgIpc) is 2.96. The maximum Gasteiger partial charge on any atom is 0.329 e. The minimum absolute atomic E-state index is 0.254. The highest BCUT2D eigenvalue weighted by Crippen LogP contribution is 2.35. The number of methoxy groups -OCH3 is 3. The molecule has 18 heteroatoms. The van der Waals surface area contributed by atoms with E-state index in [4.69, 9.17) is 47.4 Å². The van der Waals surface area contributed by atoms with Gasteiger partial charge in [-0.25, -0.2) is 9.59 Å². The van der Waals surface area contributed by atoms with Crippen LogP contribution in [0, 0.1) is 17.8 Å². The first-order valence-corrected chi connectivity index (χ1v) is 30.5. The quantitative estimate of drug-likeness (QED) is 0.0239. The summed E-state index contributed by atoms with van der Waals surface area (Å²) < 4.78 is 58.7. The van der Waals surface area contributed by atoms with E-state index in [1.54, 1.807) is 49.0 Å². The fraction of sp³-hybridized carbons (Fsp3) is 0.559. The summed E-state index contributed by atoms with van der Waals surface area (Å²) in [4.78, 5) is 84.7. The maximum atomic E-state index is 14.1. The molecule has 18 nitrogen and oxygen atoms in total. The fourth-order valence-corrected chi connectivity index (χ4v) is 10.3. The second kappa shape index (κ2) is 33.8. The van der Waals surface area contributed by atoms with Crippen molar-refractivity contribution in [2.75, 3.05) is 87.3 Å². The smallest absolute Gasteiger partial charge is 0.329 e. The Balaban J connectivity index is 0.949. The molecule has 86 heavy (non-hydrogen) atoms. The predicted octanol–water partition coefficient (Wildman–Crippen LogP) is 10.7. The van der Waals surface area contributed by atoms with Crippen molar-refractivity contribution in [3.05, 3.63) is 113 Å². The van der Waals surface area contributed by atoms with Gasteiger partial charge in [-0.05, 0) is 154 Å². The molecule has 0 aliphatic carbocycles. The van der Waals surface area contributed by atoms with Crippen molar-refractivity contribution < 1.29 is 76.1 Å². The van der Waals surface area contributed by atoms with E-state index in [1.165, 1.54) is 9.80 Å². The molecular weight excluding hydrogens is 1100 g/mol. The van der Waals surface area contributed by atoms with Crippen LogP contribution in [0.3, 0.4) is 0 Å². The predicted molar refractivity (Wildman–Crippen MR) is 325 cm³/mol. The SMILES string of the molecule is CCC(C)(C)C(=O)C(=O)N1CCCCC1C(=O)O[C@H](CCc1ccc(C)c(OC)c1)c1cccc(OCCOCCOCCOCCOc2cccc(C(CCc3ccc(OC)c(OC)c3)OC(=O)[C@@H]3CCCCN3C(=O)C(=O)C(C)(C)CC)c2)c1. The molecule has 0 bridgehead atoms. The summed E-state index contributed by atoms with van der Waals surface area (Å²) >= 11 is 0. The lowest BCUT2D eigenvalue weighted by atomic mass is 9.84. The number of carbonyl (C=O) groups excluding carboxylic acids is 6. The molecule has 2 heterocycles. The summed E-state index contributed by atoms with van der Waals surface area (Å²) in [5.74, 6) is -0.281. The van der Waals surface area contributed by atoms with E-state index in [9.17, 15) is 28.8 Å². The van der Waals surface area contributed by atoms with Crippen molar-refractivity contribution in [3.63, 3.8) is 0 Å². The first-order valence-electron chi connectivity index (χ1n) is 30.5. The van der Waals surface area contributed by atoms with Crippen molar-refractivity contribution in [2.24, 2.45) is 10.8 Å². The molecule has 2 fully saturated rings. The fourth-order valence-electron chi connectivity index (χ4n) is 10.3. The number of piperidine rings is 2. The van der Waals surface area contributed by atoms with E-state index in [0.29, 0.717) is 146 Å². The van der Waals surface area contributed by atoms with Crippen LogP contribution < -0.4 is 23.7 Å². The van der Waals surface area contributed by atoms with Crippen LogP contribution in [0.5, 0.6) is 28.7 Å². The minimum Gasteiger partial charge on any atom is -0.496 e. The molecule has 2 unspecified atom stereocenters. The van der Waals surface area contributed by atoms with E-state index < -0.39 is 70.4 Å². The third kappa shape index (κ3) is 19.5. The number of ether oxygens (including phenoxy) is 10. The Hall–Kier alpha value is -7.02. The molecular formula is C68H92N2O16. The zero-order valence-electron chi connectivity index (χ0n) is 52.4. The molecule has 0 spiro atoms. The monoisotopic (exact) mass is 1190 g/mol. The summed E-state index contributed by atoms with van der Waals surface area (Å²) in [5.41, 5.74) is 2.73. The van der Waals surface area contributed by atoms with Gasteiger partial charge in [0.25, 0.3) is 11.8 Å². The highest BCUT2D eigenvalue weighted by atomic mass is 16.6. The number of Topliss-reactive ketones (excluding diaryl/α,β-unsaturated/α-hetero) is 2. The molecule has 0 aromatic heterocycles. The van der Waals surface area contributed by atoms with Gasteiger partial charge in [-0.15, -0.1) is 0 Å². The summed E-state index contributed by atoms with van der Waals surface area (Å²) in [6.07, 6.45) is 5.26. The number of nitrogens with zero attached hydrogens (tertiary/aromatic N) is 2. The lowest BCUT2D eigenvalue weighted by Gasteiger charge is -2.36. The van der Waals surface area contributed by atoms with Gasteiger partial charge in [-0.2, -0.15) is 0 Å². The highest BCUT2D eigenvalue weighted by Gasteiger charge is 2.43. The van der Waals surface area contributed by atoms with E-state index in [-0.39, 0.29) is 13.2 Å². The molecule has 470 valence electrons. The Morgan fingerprint density at radius 3 is 1.33 bits per heavy atom. The van der Waals surface area contributed by atoms with Crippen molar-refractivity contribution in [2.45, 2.75) is 150 Å². The Labute approximate surface area is 508 Å². The van der Waals surface area contributed by atoms with Crippen LogP contribution >= 0.6 is 0 Å². The number of benzene rings is 4. The van der Waals surface area contributed by atoms with Gasteiger partial charge in [-0.1, -0.05) is 84.0 Å². The Bertz CT molecular complexity index is 2870. The number of likely N-dealkylation sites (tertiary alicyclic amines) is 2. The van der Waals surface area contributed by atoms with Crippen LogP contribution in [-0.4, -0.2) is 144 Å². The molecule has 0 radical (unpaired) electrons. The van der Waals surface area contributed by atoms with Crippen molar-refractivity contribution in [1.82, 2.24) is 9.80 Å². The molecule has 4 aromatic carbocycles. The maximum absolute atomic E-state index is 14.1.